The number of hydrogen-bond donors (Lipinski definition) is 0. The van der Waals surface area contributed by atoms with E-state index in [1.165, 1.54) is 56.2 Å². The van der Waals surface area contributed by atoms with Crippen LogP contribution in [-0.4, -0.2) is 45.5 Å². The number of nitrogens with zero attached hydrogens (tertiary/aromatic N) is 4. The fraction of sp³-hybridized carbons (Fsp3) is 0.233. The van der Waals surface area contributed by atoms with Gasteiger partial charge in [-0.3, -0.25) is 0 Å². The highest BCUT2D eigenvalue weighted by molar-refractivity contribution is 5.53. The van der Waals surface area contributed by atoms with E-state index in [0.29, 0.717) is 25.0 Å². The van der Waals surface area contributed by atoms with Crippen molar-refractivity contribution in [2.24, 2.45) is 11.8 Å². The first-order chi connectivity index (χ1) is 32.7. The van der Waals surface area contributed by atoms with Gasteiger partial charge in [-0.1, -0.05) is 194 Å². The van der Waals surface area contributed by atoms with Crippen LogP contribution in [-0.2, 0) is 46.2 Å². The average molecular weight is 869 g/mol. The maximum atomic E-state index is 5.85. The van der Waals surface area contributed by atoms with E-state index in [4.69, 9.17) is 19.4 Å². The number of rotatable bonds is 16. The number of hydrogen-bond acceptors (Lipinski definition) is 4. The summed E-state index contributed by atoms with van der Waals surface area (Å²) in [7, 11) is 0. The van der Waals surface area contributed by atoms with Crippen molar-refractivity contribution >= 4 is 0 Å². The summed E-state index contributed by atoms with van der Waals surface area (Å²) in [5, 5.41) is 0. The smallest absolute Gasteiger partial charge is 0.121 e. The van der Waals surface area contributed by atoms with Crippen LogP contribution in [0.5, 0.6) is 0 Å². The minimum Gasteiger partial charge on any atom is -0.377 e. The zero-order chi connectivity index (χ0) is 45.0. The standard InChI is InChI=1S/2C30H30N2O/c1-2-20-33-22-24-18-19-29-28(21-24)31-23-32(29)30(25-12-6-3-7-13-25,26-14-8-4-9-15-26)27-16-10-5-11-17-27;1-2-20-33-22-24-18-19-28-29(21-24)32(23-31-28)30(25-12-6-3-7-13-25,26-14-8-4-9-15-26)27-16-10-5-11-17-27/h2*2-17,23-24H,1,18-22H2. The lowest BCUT2D eigenvalue weighted by Crippen LogP contribution is -2.39. The van der Waals surface area contributed by atoms with E-state index in [9.17, 15) is 0 Å². The number of imidazole rings is 2. The molecule has 2 aliphatic rings. The lowest BCUT2D eigenvalue weighted by atomic mass is 9.76. The van der Waals surface area contributed by atoms with Crippen LogP contribution in [0.2, 0.25) is 0 Å². The van der Waals surface area contributed by atoms with Gasteiger partial charge in [-0.25, -0.2) is 9.97 Å². The van der Waals surface area contributed by atoms with Crippen molar-refractivity contribution in [1.82, 2.24) is 19.1 Å². The van der Waals surface area contributed by atoms with Gasteiger partial charge in [0, 0.05) is 11.4 Å². The third-order valence-corrected chi connectivity index (χ3v) is 13.5. The molecule has 10 rings (SSSR count). The SMILES string of the molecule is C=CCOCC1CCc2c(ncn2C(c2ccccc2)(c2ccccc2)c2ccccc2)C1.C=CCOCC1CCc2ncn(C(c3ccccc3)(c3ccccc3)c3ccccc3)c2C1. The molecule has 0 spiro atoms. The van der Waals surface area contributed by atoms with Crippen molar-refractivity contribution in [3.05, 3.63) is 276 Å². The second kappa shape index (κ2) is 21.0. The molecule has 6 heteroatoms. The van der Waals surface area contributed by atoms with Crippen molar-refractivity contribution in [1.29, 1.82) is 0 Å². The molecule has 0 aliphatic heterocycles. The summed E-state index contributed by atoms with van der Waals surface area (Å²) in [6.07, 6.45) is 13.9. The van der Waals surface area contributed by atoms with Gasteiger partial charge in [-0.05, 0) is 83.7 Å². The average Bonchev–Trinajstić information content (AvgIpc) is 4.02. The molecule has 0 N–H and O–H groups in total. The molecule has 2 heterocycles. The van der Waals surface area contributed by atoms with Crippen LogP contribution >= 0.6 is 0 Å². The van der Waals surface area contributed by atoms with E-state index in [0.717, 1.165) is 51.7 Å². The molecule has 2 aromatic heterocycles. The van der Waals surface area contributed by atoms with Crippen LogP contribution in [0.1, 0.15) is 69.0 Å². The first kappa shape index (κ1) is 44.3. The molecule has 0 radical (unpaired) electrons. The zero-order valence-electron chi connectivity index (χ0n) is 37.9. The fourth-order valence-corrected chi connectivity index (χ4v) is 10.5. The van der Waals surface area contributed by atoms with Gasteiger partial charge in [-0.15, -0.1) is 13.2 Å². The predicted molar refractivity (Wildman–Crippen MR) is 267 cm³/mol. The Balaban J connectivity index is 0.000000166. The maximum absolute atomic E-state index is 5.85. The molecule has 2 aliphatic carbocycles. The molecule has 0 amide bonds. The highest BCUT2D eigenvalue weighted by Gasteiger charge is 2.43. The van der Waals surface area contributed by atoms with Crippen molar-refractivity contribution < 1.29 is 9.47 Å². The largest absolute Gasteiger partial charge is 0.377 e. The predicted octanol–water partition coefficient (Wildman–Crippen LogP) is 12.1. The van der Waals surface area contributed by atoms with Crippen LogP contribution in [0.3, 0.4) is 0 Å². The summed E-state index contributed by atoms with van der Waals surface area (Å²) in [6.45, 7) is 10.3. The van der Waals surface area contributed by atoms with Crippen LogP contribution in [0.15, 0.2) is 220 Å². The maximum Gasteiger partial charge on any atom is 0.121 e. The van der Waals surface area contributed by atoms with Gasteiger partial charge in [0.25, 0.3) is 0 Å². The highest BCUT2D eigenvalue weighted by Crippen LogP contribution is 2.45. The summed E-state index contributed by atoms with van der Waals surface area (Å²) in [5.74, 6) is 0.980. The van der Waals surface area contributed by atoms with E-state index in [2.05, 4.69) is 217 Å². The van der Waals surface area contributed by atoms with Crippen LogP contribution < -0.4 is 0 Å². The molecule has 0 saturated carbocycles. The number of aromatic nitrogens is 4. The highest BCUT2D eigenvalue weighted by atomic mass is 16.5. The number of aryl methyl sites for hydroxylation is 1. The van der Waals surface area contributed by atoms with Gasteiger partial charge < -0.3 is 18.6 Å². The molecular weight excluding hydrogens is 809 g/mol. The van der Waals surface area contributed by atoms with Gasteiger partial charge >= 0.3 is 0 Å². The number of benzene rings is 6. The summed E-state index contributed by atoms with van der Waals surface area (Å²) in [4.78, 5) is 9.90. The Hall–Kier alpha value is -6.86. The number of ether oxygens (including phenoxy) is 2. The first-order valence-corrected chi connectivity index (χ1v) is 23.5. The molecule has 2 unspecified atom stereocenters. The first-order valence-electron chi connectivity index (χ1n) is 23.5. The van der Waals surface area contributed by atoms with Gasteiger partial charge in [0.05, 0.1) is 50.5 Å². The molecule has 6 nitrogen and oxygen atoms in total. The van der Waals surface area contributed by atoms with E-state index in [-0.39, 0.29) is 0 Å². The lowest BCUT2D eigenvalue weighted by molar-refractivity contribution is 0.115. The monoisotopic (exact) mass is 868 g/mol. The topological polar surface area (TPSA) is 54.1 Å². The molecule has 66 heavy (non-hydrogen) atoms. The Bertz CT molecular complexity index is 2560. The lowest BCUT2D eigenvalue weighted by Gasteiger charge is -2.39. The molecule has 0 fully saturated rings. The number of fused-ring (bicyclic) bond motifs is 2. The summed E-state index contributed by atoms with van der Waals surface area (Å²) < 4.78 is 16.5. The molecular formula is C60H60N4O2. The molecule has 332 valence electrons. The van der Waals surface area contributed by atoms with Crippen molar-refractivity contribution in [2.75, 3.05) is 26.4 Å². The van der Waals surface area contributed by atoms with E-state index >= 15 is 0 Å². The summed E-state index contributed by atoms with van der Waals surface area (Å²) in [6, 6.07) is 64.9. The van der Waals surface area contributed by atoms with Crippen LogP contribution in [0, 0.1) is 11.8 Å². The second-order valence-corrected chi connectivity index (χ2v) is 17.5. The molecule has 6 aromatic carbocycles. The minimum absolute atomic E-state index is 0.480. The van der Waals surface area contributed by atoms with Crippen molar-refractivity contribution in [3.63, 3.8) is 0 Å². The third kappa shape index (κ3) is 8.79. The van der Waals surface area contributed by atoms with Crippen molar-refractivity contribution in [3.8, 4) is 0 Å². The Labute approximate surface area is 391 Å². The van der Waals surface area contributed by atoms with Crippen LogP contribution in [0.25, 0.3) is 0 Å². The Kier molecular flexibility index (Phi) is 14.1. The minimum atomic E-state index is -0.506. The summed E-state index contributed by atoms with van der Waals surface area (Å²) in [5.41, 5.74) is 11.4. The Morgan fingerprint density at radius 3 is 1.15 bits per heavy atom. The fourth-order valence-electron chi connectivity index (χ4n) is 10.5. The van der Waals surface area contributed by atoms with Crippen molar-refractivity contribution in [2.45, 2.75) is 49.6 Å². The Morgan fingerprint density at radius 2 is 0.773 bits per heavy atom. The molecule has 0 saturated heterocycles. The molecule has 8 aromatic rings. The zero-order valence-corrected chi connectivity index (χ0v) is 37.9. The van der Waals surface area contributed by atoms with E-state index in [1.54, 1.807) is 0 Å². The van der Waals surface area contributed by atoms with Gasteiger partial charge in [0.2, 0.25) is 0 Å². The Morgan fingerprint density at radius 1 is 0.439 bits per heavy atom. The molecule has 0 bridgehead atoms. The van der Waals surface area contributed by atoms with Crippen LogP contribution in [0.4, 0.5) is 0 Å². The normalized spacial score (nSPS) is 15.7. The second-order valence-electron chi connectivity index (χ2n) is 17.5. The summed E-state index contributed by atoms with van der Waals surface area (Å²) >= 11 is 0. The van der Waals surface area contributed by atoms with Gasteiger partial charge in [0.15, 0.2) is 0 Å². The van der Waals surface area contributed by atoms with E-state index in [1.807, 2.05) is 12.2 Å². The van der Waals surface area contributed by atoms with E-state index < -0.39 is 11.1 Å². The van der Waals surface area contributed by atoms with Gasteiger partial charge in [0.1, 0.15) is 11.1 Å². The van der Waals surface area contributed by atoms with Gasteiger partial charge in [-0.2, -0.15) is 0 Å². The third-order valence-electron chi connectivity index (χ3n) is 13.5. The quantitative estimate of drug-likeness (QED) is 0.0551. The molecule has 2 atom stereocenters.